The van der Waals surface area contributed by atoms with Gasteiger partial charge in [0, 0.05) is 5.02 Å². The molecule has 0 aliphatic rings. The van der Waals surface area contributed by atoms with E-state index in [4.69, 9.17) is 32.4 Å². The lowest BCUT2D eigenvalue weighted by Gasteiger charge is -2.05. The molecule has 2 aromatic carbocycles. The van der Waals surface area contributed by atoms with Crippen LogP contribution in [0.3, 0.4) is 0 Å². The standard InChI is InChI=1S/C18H13Cl2NO3/c19-12-4-3-5-13(10-12)23-11-14-8-9-17(24-14)18(22)21-16-7-2-1-6-15(16)20/h1-10H,11H2,(H,21,22). The summed E-state index contributed by atoms with van der Waals surface area (Å²) in [5.41, 5.74) is 0.525. The number of rotatable bonds is 5. The van der Waals surface area contributed by atoms with Crippen LogP contribution in [-0.4, -0.2) is 5.91 Å². The molecule has 0 saturated heterocycles. The zero-order valence-corrected chi connectivity index (χ0v) is 14.0. The van der Waals surface area contributed by atoms with E-state index in [2.05, 4.69) is 5.32 Å². The molecule has 3 rings (SSSR count). The van der Waals surface area contributed by atoms with Gasteiger partial charge < -0.3 is 14.5 Å². The predicted octanol–water partition coefficient (Wildman–Crippen LogP) is 5.42. The molecule has 1 heterocycles. The quantitative estimate of drug-likeness (QED) is 0.660. The second kappa shape index (κ2) is 7.43. The predicted molar refractivity (Wildman–Crippen MR) is 93.9 cm³/mol. The molecule has 0 saturated carbocycles. The number of ether oxygens (including phenoxy) is 1. The SMILES string of the molecule is O=C(Nc1ccccc1Cl)c1ccc(COc2cccc(Cl)c2)o1. The van der Waals surface area contributed by atoms with Crippen molar-refractivity contribution in [2.75, 3.05) is 5.32 Å². The number of halogens is 2. The summed E-state index contributed by atoms with van der Waals surface area (Å²) in [6, 6.07) is 17.3. The summed E-state index contributed by atoms with van der Waals surface area (Å²) in [5.74, 6) is 0.956. The zero-order valence-electron chi connectivity index (χ0n) is 12.5. The lowest BCUT2D eigenvalue weighted by atomic mass is 10.3. The summed E-state index contributed by atoms with van der Waals surface area (Å²) < 4.78 is 11.1. The van der Waals surface area contributed by atoms with Crippen molar-refractivity contribution in [2.45, 2.75) is 6.61 Å². The fraction of sp³-hybridized carbons (Fsp3) is 0.0556. The van der Waals surface area contributed by atoms with Crippen LogP contribution in [0, 0.1) is 0 Å². The van der Waals surface area contributed by atoms with Gasteiger partial charge in [0.15, 0.2) is 5.76 Å². The van der Waals surface area contributed by atoms with Crippen LogP contribution >= 0.6 is 23.2 Å². The topological polar surface area (TPSA) is 51.5 Å². The number of anilines is 1. The van der Waals surface area contributed by atoms with Crippen molar-refractivity contribution in [3.63, 3.8) is 0 Å². The van der Waals surface area contributed by atoms with Crippen molar-refractivity contribution >= 4 is 34.8 Å². The number of hydrogen-bond acceptors (Lipinski definition) is 3. The molecule has 122 valence electrons. The molecule has 3 aromatic rings. The Bertz CT molecular complexity index is 861. The molecule has 0 spiro atoms. The molecule has 0 atom stereocenters. The van der Waals surface area contributed by atoms with Gasteiger partial charge in [-0.15, -0.1) is 0 Å². The number of hydrogen-bond donors (Lipinski definition) is 1. The molecule has 0 aliphatic carbocycles. The smallest absolute Gasteiger partial charge is 0.291 e. The number of carbonyl (C=O) groups excluding carboxylic acids is 1. The average molecular weight is 362 g/mol. The molecule has 0 bridgehead atoms. The van der Waals surface area contributed by atoms with Crippen LogP contribution in [0.2, 0.25) is 10.0 Å². The van der Waals surface area contributed by atoms with E-state index in [1.165, 1.54) is 0 Å². The second-order valence-electron chi connectivity index (χ2n) is 4.95. The summed E-state index contributed by atoms with van der Waals surface area (Å²) in [6.07, 6.45) is 0. The molecule has 1 amide bonds. The number of nitrogens with one attached hydrogen (secondary N) is 1. The first-order valence-corrected chi connectivity index (χ1v) is 7.90. The lowest BCUT2D eigenvalue weighted by molar-refractivity contribution is 0.0992. The molecular weight excluding hydrogens is 349 g/mol. The van der Waals surface area contributed by atoms with E-state index in [0.717, 1.165) is 0 Å². The largest absolute Gasteiger partial charge is 0.486 e. The summed E-state index contributed by atoms with van der Waals surface area (Å²) in [7, 11) is 0. The molecule has 0 fully saturated rings. The molecular formula is C18H13Cl2NO3. The van der Waals surface area contributed by atoms with Crippen LogP contribution in [-0.2, 0) is 6.61 Å². The van der Waals surface area contributed by atoms with Gasteiger partial charge in [0.25, 0.3) is 5.91 Å². The van der Waals surface area contributed by atoms with Crippen LogP contribution < -0.4 is 10.1 Å². The van der Waals surface area contributed by atoms with E-state index in [1.807, 2.05) is 0 Å². The molecule has 1 N–H and O–H groups in total. The Labute approximate surface area is 149 Å². The minimum absolute atomic E-state index is 0.180. The van der Waals surface area contributed by atoms with Crippen molar-refractivity contribution in [1.29, 1.82) is 0 Å². The molecule has 6 heteroatoms. The van der Waals surface area contributed by atoms with E-state index < -0.39 is 0 Å². The van der Waals surface area contributed by atoms with Crippen LogP contribution in [0.15, 0.2) is 65.1 Å². The summed E-state index contributed by atoms with van der Waals surface area (Å²) in [6.45, 7) is 0.194. The van der Waals surface area contributed by atoms with Gasteiger partial charge in [-0.05, 0) is 42.5 Å². The zero-order chi connectivity index (χ0) is 16.9. The van der Waals surface area contributed by atoms with E-state index >= 15 is 0 Å². The third-order valence-corrected chi connectivity index (χ3v) is 3.75. The van der Waals surface area contributed by atoms with Crippen molar-refractivity contribution in [3.8, 4) is 5.75 Å². The number of amides is 1. The Balaban J connectivity index is 1.62. The summed E-state index contributed by atoms with van der Waals surface area (Å²) >= 11 is 11.9. The number of carbonyl (C=O) groups is 1. The van der Waals surface area contributed by atoms with Gasteiger partial charge in [-0.1, -0.05) is 41.4 Å². The Hall–Kier alpha value is -2.43. The number of para-hydroxylation sites is 1. The van der Waals surface area contributed by atoms with Crippen LogP contribution in [0.4, 0.5) is 5.69 Å². The molecule has 0 unspecified atom stereocenters. The van der Waals surface area contributed by atoms with E-state index in [0.29, 0.717) is 27.2 Å². The maximum atomic E-state index is 12.2. The summed E-state index contributed by atoms with van der Waals surface area (Å²) in [4.78, 5) is 12.2. The Morgan fingerprint density at radius 2 is 1.88 bits per heavy atom. The minimum Gasteiger partial charge on any atom is -0.486 e. The number of benzene rings is 2. The van der Waals surface area contributed by atoms with Crippen molar-refractivity contribution < 1.29 is 13.9 Å². The van der Waals surface area contributed by atoms with Crippen LogP contribution in [0.5, 0.6) is 5.75 Å². The van der Waals surface area contributed by atoms with E-state index in [9.17, 15) is 4.79 Å². The molecule has 1 aromatic heterocycles. The first-order chi connectivity index (χ1) is 11.6. The minimum atomic E-state index is -0.378. The van der Waals surface area contributed by atoms with Crippen molar-refractivity contribution in [2.24, 2.45) is 0 Å². The normalized spacial score (nSPS) is 10.4. The van der Waals surface area contributed by atoms with E-state index in [1.54, 1.807) is 60.7 Å². The monoisotopic (exact) mass is 361 g/mol. The van der Waals surface area contributed by atoms with Crippen LogP contribution in [0.25, 0.3) is 0 Å². The van der Waals surface area contributed by atoms with E-state index in [-0.39, 0.29) is 18.3 Å². The molecule has 0 aliphatic heterocycles. The van der Waals surface area contributed by atoms with Gasteiger partial charge in [-0.3, -0.25) is 4.79 Å². The Kier molecular flexibility index (Phi) is 5.08. The van der Waals surface area contributed by atoms with Gasteiger partial charge in [0.05, 0.1) is 10.7 Å². The summed E-state index contributed by atoms with van der Waals surface area (Å²) in [5, 5.41) is 3.75. The first-order valence-electron chi connectivity index (χ1n) is 7.15. The first kappa shape index (κ1) is 16.4. The maximum Gasteiger partial charge on any atom is 0.291 e. The van der Waals surface area contributed by atoms with Gasteiger partial charge in [0.2, 0.25) is 0 Å². The Morgan fingerprint density at radius 1 is 1.04 bits per heavy atom. The lowest BCUT2D eigenvalue weighted by Crippen LogP contribution is -2.11. The highest BCUT2D eigenvalue weighted by Crippen LogP contribution is 2.22. The molecule has 4 nitrogen and oxygen atoms in total. The fourth-order valence-corrected chi connectivity index (χ4v) is 2.40. The third-order valence-electron chi connectivity index (χ3n) is 3.18. The number of furan rings is 1. The average Bonchev–Trinajstić information content (AvgIpc) is 3.04. The van der Waals surface area contributed by atoms with Gasteiger partial charge in [-0.25, -0.2) is 0 Å². The maximum absolute atomic E-state index is 12.2. The third kappa shape index (κ3) is 4.10. The van der Waals surface area contributed by atoms with Gasteiger partial charge in [0.1, 0.15) is 18.1 Å². The molecule has 0 radical (unpaired) electrons. The van der Waals surface area contributed by atoms with Crippen molar-refractivity contribution in [1.82, 2.24) is 0 Å². The fourth-order valence-electron chi connectivity index (χ4n) is 2.04. The molecule has 24 heavy (non-hydrogen) atoms. The van der Waals surface area contributed by atoms with Crippen LogP contribution in [0.1, 0.15) is 16.3 Å². The van der Waals surface area contributed by atoms with Gasteiger partial charge >= 0.3 is 0 Å². The Morgan fingerprint density at radius 3 is 2.67 bits per heavy atom. The van der Waals surface area contributed by atoms with Gasteiger partial charge in [-0.2, -0.15) is 0 Å². The highest BCUT2D eigenvalue weighted by atomic mass is 35.5. The second-order valence-corrected chi connectivity index (χ2v) is 5.79. The highest BCUT2D eigenvalue weighted by molar-refractivity contribution is 6.33. The highest BCUT2D eigenvalue weighted by Gasteiger charge is 2.13. The van der Waals surface area contributed by atoms with Crippen molar-refractivity contribution in [3.05, 3.63) is 82.2 Å².